The number of benzene rings is 3. The number of anilines is 1. The van der Waals surface area contributed by atoms with Gasteiger partial charge in [0.1, 0.15) is 11.6 Å². The molecule has 0 aliphatic rings. The molecular formula is C27H23Br2FN4O4. The average molecular weight is 646 g/mol. The van der Waals surface area contributed by atoms with Crippen LogP contribution in [0.1, 0.15) is 24.7 Å². The quantitative estimate of drug-likeness (QED) is 0.228. The normalized spacial score (nSPS) is 11.2. The molecule has 1 N–H and O–H groups in total. The van der Waals surface area contributed by atoms with E-state index in [1.54, 1.807) is 30.3 Å². The maximum atomic E-state index is 13.8. The third-order valence-electron chi connectivity index (χ3n) is 5.42. The van der Waals surface area contributed by atoms with E-state index in [1.807, 2.05) is 13.0 Å². The molecule has 1 aromatic heterocycles. The minimum absolute atomic E-state index is 0.0620. The molecule has 1 heterocycles. The Kier molecular flexibility index (Phi) is 8.90. The van der Waals surface area contributed by atoms with E-state index in [0.717, 1.165) is 10.9 Å². The van der Waals surface area contributed by atoms with Gasteiger partial charge in [0.15, 0.2) is 18.1 Å². The zero-order valence-electron chi connectivity index (χ0n) is 20.5. The Morgan fingerprint density at radius 1 is 1.18 bits per heavy atom. The Morgan fingerprint density at radius 3 is 2.71 bits per heavy atom. The predicted octanol–water partition coefficient (Wildman–Crippen LogP) is 5.92. The number of nitrogens with zero attached hydrogens (tertiary/aromatic N) is 3. The minimum atomic E-state index is -0.543. The van der Waals surface area contributed by atoms with E-state index in [-0.39, 0.29) is 23.6 Å². The number of rotatable bonds is 9. The van der Waals surface area contributed by atoms with Crippen LogP contribution >= 0.6 is 31.9 Å². The number of amides is 1. The largest absolute Gasteiger partial charge is 0.493 e. The monoisotopic (exact) mass is 644 g/mol. The predicted molar refractivity (Wildman–Crippen MR) is 152 cm³/mol. The molecule has 0 aliphatic heterocycles. The molecular weight excluding hydrogens is 623 g/mol. The summed E-state index contributed by atoms with van der Waals surface area (Å²) in [5.41, 5.74) is 1.01. The molecule has 8 nitrogen and oxygen atoms in total. The van der Waals surface area contributed by atoms with E-state index < -0.39 is 11.7 Å². The molecule has 4 rings (SSSR count). The molecule has 0 saturated carbocycles. The molecule has 0 fully saturated rings. The van der Waals surface area contributed by atoms with Gasteiger partial charge in [-0.25, -0.2) is 9.37 Å². The number of nitrogens with one attached hydrogen (secondary N) is 1. The smallest absolute Gasteiger partial charge is 0.282 e. The lowest BCUT2D eigenvalue weighted by molar-refractivity contribution is -0.118. The summed E-state index contributed by atoms with van der Waals surface area (Å²) in [6.07, 6.45) is 2.89. The van der Waals surface area contributed by atoms with E-state index in [9.17, 15) is 14.0 Å². The number of fused-ring (bicyclic) bond motifs is 1. The molecule has 4 aromatic rings. The molecule has 3 aromatic carbocycles. The van der Waals surface area contributed by atoms with Gasteiger partial charge in [0, 0.05) is 10.9 Å². The maximum Gasteiger partial charge on any atom is 0.282 e. The molecule has 11 heteroatoms. The summed E-state index contributed by atoms with van der Waals surface area (Å²) in [6.45, 7) is 1.63. The van der Waals surface area contributed by atoms with Gasteiger partial charge in [-0.15, -0.1) is 0 Å². The number of carbonyl (C=O) groups excluding carboxylic acids is 1. The first kappa shape index (κ1) is 27.5. The lowest BCUT2D eigenvalue weighted by Gasteiger charge is -2.14. The molecule has 0 saturated heterocycles. The minimum Gasteiger partial charge on any atom is -0.493 e. The van der Waals surface area contributed by atoms with Gasteiger partial charge in [0.25, 0.3) is 11.5 Å². The topological polar surface area (TPSA) is 94.8 Å². The van der Waals surface area contributed by atoms with Crippen molar-refractivity contribution in [2.75, 3.05) is 19.0 Å². The Bertz CT molecular complexity index is 1590. The fourth-order valence-corrected chi connectivity index (χ4v) is 4.60. The highest BCUT2D eigenvalue weighted by atomic mass is 79.9. The molecule has 0 bridgehead atoms. The average Bonchev–Trinajstić information content (AvgIpc) is 2.89. The number of hydrogen-bond acceptors (Lipinski definition) is 6. The number of aromatic nitrogens is 2. The van der Waals surface area contributed by atoms with Gasteiger partial charge in [0.2, 0.25) is 0 Å². The van der Waals surface area contributed by atoms with Crippen molar-refractivity contribution in [2.24, 2.45) is 5.10 Å². The van der Waals surface area contributed by atoms with Crippen molar-refractivity contribution in [2.45, 2.75) is 19.8 Å². The lowest BCUT2D eigenvalue weighted by Crippen LogP contribution is -2.22. The van der Waals surface area contributed by atoms with Gasteiger partial charge in [0.05, 0.1) is 34.4 Å². The van der Waals surface area contributed by atoms with Crippen molar-refractivity contribution in [1.82, 2.24) is 9.66 Å². The summed E-state index contributed by atoms with van der Waals surface area (Å²) >= 11 is 6.84. The molecule has 0 atom stereocenters. The van der Waals surface area contributed by atoms with Crippen molar-refractivity contribution in [3.05, 3.63) is 91.1 Å². The fraction of sp³-hybridized carbons (Fsp3) is 0.185. The Balaban J connectivity index is 1.58. The lowest BCUT2D eigenvalue weighted by atomic mass is 10.2. The first-order valence-electron chi connectivity index (χ1n) is 11.6. The SMILES string of the molecule is CCCc1nc2ccc(Br)cc2c(=O)n1N=Cc1cc(Br)c(OCC(=O)Nc2ccccc2F)c(OC)c1. The zero-order valence-corrected chi connectivity index (χ0v) is 23.7. The van der Waals surface area contributed by atoms with Crippen LogP contribution < -0.4 is 20.3 Å². The zero-order chi connectivity index (χ0) is 27.2. The van der Waals surface area contributed by atoms with E-state index in [4.69, 9.17) is 9.47 Å². The van der Waals surface area contributed by atoms with Crippen molar-refractivity contribution in [3.63, 3.8) is 0 Å². The number of halogens is 3. The Morgan fingerprint density at radius 2 is 1.97 bits per heavy atom. The third-order valence-corrected chi connectivity index (χ3v) is 6.50. The van der Waals surface area contributed by atoms with E-state index in [0.29, 0.717) is 38.9 Å². The highest BCUT2D eigenvalue weighted by Gasteiger charge is 2.15. The van der Waals surface area contributed by atoms with Crippen molar-refractivity contribution in [1.29, 1.82) is 0 Å². The van der Waals surface area contributed by atoms with Crippen molar-refractivity contribution < 1.29 is 18.7 Å². The second-order valence-corrected chi connectivity index (χ2v) is 9.92. The van der Waals surface area contributed by atoms with Crippen LogP contribution in [0.2, 0.25) is 0 Å². The van der Waals surface area contributed by atoms with Gasteiger partial charge in [-0.05, 0) is 70.4 Å². The highest BCUT2D eigenvalue weighted by molar-refractivity contribution is 9.10. The molecule has 0 aliphatic carbocycles. The number of para-hydroxylation sites is 1. The fourth-order valence-electron chi connectivity index (χ4n) is 3.66. The van der Waals surface area contributed by atoms with Gasteiger partial charge in [-0.3, -0.25) is 9.59 Å². The summed E-state index contributed by atoms with van der Waals surface area (Å²) < 4.78 is 27.5. The number of aryl methyl sites for hydroxylation is 1. The highest BCUT2D eigenvalue weighted by Crippen LogP contribution is 2.36. The Labute approximate surface area is 234 Å². The van der Waals surface area contributed by atoms with Crippen LogP contribution in [-0.2, 0) is 11.2 Å². The first-order chi connectivity index (χ1) is 18.3. The Hall–Kier alpha value is -3.57. The van der Waals surface area contributed by atoms with Gasteiger partial charge < -0.3 is 14.8 Å². The third kappa shape index (κ3) is 6.28. The summed E-state index contributed by atoms with van der Waals surface area (Å²) in [5.74, 6) is 0.0951. The summed E-state index contributed by atoms with van der Waals surface area (Å²) in [4.78, 5) is 30.1. The van der Waals surface area contributed by atoms with Crippen LogP contribution in [-0.4, -0.2) is 35.5 Å². The van der Waals surface area contributed by atoms with E-state index in [1.165, 1.54) is 36.2 Å². The molecule has 0 spiro atoms. The van der Waals surface area contributed by atoms with E-state index >= 15 is 0 Å². The number of ether oxygens (including phenoxy) is 2. The maximum absolute atomic E-state index is 13.8. The van der Waals surface area contributed by atoms with Crippen molar-refractivity contribution >= 4 is 60.6 Å². The molecule has 1 amide bonds. The van der Waals surface area contributed by atoms with Gasteiger partial charge in [-0.1, -0.05) is 35.0 Å². The molecule has 38 heavy (non-hydrogen) atoms. The summed E-state index contributed by atoms with van der Waals surface area (Å²) in [7, 11) is 1.46. The van der Waals surface area contributed by atoms with Crippen LogP contribution in [0, 0.1) is 5.82 Å². The van der Waals surface area contributed by atoms with Gasteiger partial charge in [-0.2, -0.15) is 9.78 Å². The van der Waals surface area contributed by atoms with Crippen molar-refractivity contribution in [3.8, 4) is 11.5 Å². The molecule has 196 valence electrons. The second-order valence-electron chi connectivity index (χ2n) is 8.15. The molecule has 0 unspecified atom stereocenters. The van der Waals surface area contributed by atoms with Crippen LogP contribution in [0.25, 0.3) is 10.9 Å². The van der Waals surface area contributed by atoms with Gasteiger partial charge >= 0.3 is 0 Å². The number of hydrogen-bond donors (Lipinski definition) is 1. The standard InChI is InChI=1S/C27H23Br2FN4O4/c1-3-6-24-32-21-10-9-17(28)13-18(21)27(36)34(24)31-14-16-11-19(29)26(23(12-16)37-2)38-15-25(35)33-22-8-5-4-7-20(22)30/h4-5,7-14H,3,6,15H2,1-2H3,(H,33,35). The first-order valence-corrected chi connectivity index (χ1v) is 13.2. The summed E-state index contributed by atoms with van der Waals surface area (Å²) in [5, 5.41) is 7.35. The summed E-state index contributed by atoms with van der Waals surface area (Å²) in [6, 6.07) is 14.6. The second kappa shape index (κ2) is 12.3. The number of methoxy groups -OCH3 is 1. The van der Waals surface area contributed by atoms with Crippen LogP contribution in [0.4, 0.5) is 10.1 Å². The molecule has 0 radical (unpaired) electrons. The van der Waals surface area contributed by atoms with E-state index in [2.05, 4.69) is 47.3 Å². The number of carbonyl (C=O) groups is 1. The van der Waals surface area contributed by atoms with Crippen LogP contribution in [0.5, 0.6) is 11.5 Å². The van der Waals surface area contributed by atoms with Crippen LogP contribution in [0.3, 0.4) is 0 Å². The van der Waals surface area contributed by atoms with Crippen LogP contribution in [0.15, 0.2) is 73.4 Å².